The van der Waals surface area contributed by atoms with E-state index in [-0.39, 0.29) is 0 Å². The van der Waals surface area contributed by atoms with Gasteiger partial charge in [-0.1, -0.05) is 29.8 Å². The molecule has 92 valence electrons. The van der Waals surface area contributed by atoms with Gasteiger partial charge in [-0.2, -0.15) is 0 Å². The van der Waals surface area contributed by atoms with E-state index in [1.807, 2.05) is 25.1 Å². The minimum absolute atomic E-state index is 0.309. The summed E-state index contributed by atoms with van der Waals surface area (Å²) < 4.78 is 5.00. The maximum absolute atomic E-state index is 11.1. The third-order valence-electron chi connectivity index (χ3n) is 3.09. The number of aryl methyl sites for hydroxylation is 1. The summed E-state index contributed by atoms with van der Waals surface area (Å²) in [6, 6.07) is 8.18. The molecule has 1 fully saturated rings. The molecule has 1 aliphatic heterocycles. The van der Waals surface area contributed by atoms with Crippen LogP contribution in [0.2, 0.25) is 0 Å². The number of carboxylic acid groups (broad SMARTS) is 1. The van der Waals surface area contributed by atoms with E-state index in [1.54, 1.807) is 0 Å². The first kappa shape index (κ1) is 12.1. The van der Waals surface area contributed by atoms with Gasteiger partial charge in [-0.3, -0.25) is 4.79 Å². The van der Waals surface area contributed by atoms with Crippen LogP contribution in [0.3, 0.4) is 0 Å². The summed E-state index contributed by atoms with van der Waals surface area (Å²) in [6.45, 7) is 3.81. The van der Waals surface area contributed by atoms with E-state index in [0.717, 1.165) is 0 Å². The fourth-order valence-electron chi connectivity index (χ4n) is 1.92. The molecular formula is C13H17NO3. The van der Waals surface area contributed by atoms with E-state index >= 15 is 0 Å². The number of ether oxygens (including phenoxy) is 1. The quantitative estimate of drug-likeness (QED) is 0.804. The maximum atomic E-state index is 11.1. The molecule has 2 rings (SSSR count). The lowest BCUT2D eigenvalue weighted by Crippen LogP contribution is -2.55. The molecule has 0 aromatic heterocycles. The first-order valence-electron chi connectivity index (χ1n) is 5.70. The summed E-state index contributed by atoms with van der Waals surface area (Å²) >= 11 is 0. The molecular weight excluding hydrogens is 218 g/mol. The Bertz CT molecular complexity index is 413. The zero-order valence-electron chi connectivity index (χ0n) is 9.90. The smallest absolute Gasteiger partial charge is 0.315 e. The van der Waals surface area contributed by atoms with Crippen LogP contribution in [0.1, 0.15) is 11.1 Å². The molecule has 17 heavy (non-hydrogen) atoms. The van der Waals surface area contributed by atoms with Crippen LogP contribution in [-0.2, 0) is 16.1 Å². The highest BCUT2D eigenvalue weighted by atomic mass is 16.5. The molecule has 1 heterocycles. The highest BCUT2D eigenvalue weighted by Crippen LogP contribution is 2.26. The predicted molar refractivity (Wildman–Crippen MR) is 63.8 cm³/mol. The summed E-state index contributed by atoms with van der Waals surface area (Å²) in [5.74, 6) is -0.777. The summed E-state index contributed by atoms with van der Waals surface area (Å²) in [5.41, 5.74) is 1.67. The van der Waals surface area contributed by atoms with Crippen LogP contribution >= 0.6 is 0 Å². The Morgan fingerprint density at radius 2 is 2.29 bits per heavy atom. The van der Waals surface area contributed by atoms with Crippen LogP contribution in [0.25, 0.3) is 0 Å². The minimum Gasteiger partial charge on any atom is -0.481 e. The molecule has 0 atom stereocenters. The number of nitrogens with one attached hydrogen (secondary N) is 1. The molecule has 1 aromatic rings. The van der Waals surface area contributed by atoms with E-state index in [1.165, 1.54) is 11.1 Å². The second-order valence-corrected chi connectivity index (χ2v) is 4.67. The lowest BCUT2D eigenvalue weighted by molar-refractivity contribution is -0.178. The largest absolute Gasteiger partial charge is 0.481 e. The van der Waals surface area contributed by atoms with Crippen LogP contribution < -0.4 is 5.32 Å². The highest BCUT2D eigenvalue weighted by molar-refractivity contribution is 5.76. The van der Waals surface area contributed by atoms with Crippen molar-refractivity contribution in [2.45, 2.75) is 13.5 Å². The molecule has 1 aliphatic rings. The van der Waals surface area contributed by atoms with Crippen molar-refractivity contribution in [3.63, 3.8) is 0 Å². The van der Waals surface area contributed by atoms with Crippen molar-refractivity contribution in [2.24, 2.45) is 5.41 Å². The first-order valence-corrected chi connectivity index (χ1v) is 5.70. The average molecular weight is 235 g/mol. The van der Waals surface area contributed by atoms with Crippen molar-refractivity contribution in [1.82, 2.24) is 5.32 Å². The lowest BCUT2D eigenvalue weighted by atomic mass is 9.86. The standard InChI is InChI=1S/C13H17NO3/c1-10-3-2-4-11(5-10)6-14-7-13(12(15)16)8-17-9-13/h2-5,14H,6-9H2,1H3,(H,15,16). The van der Waals surface area contributed by atoms with Gasteiger partial charge in [-0.25, -0.2) is 0 Å². The maximum Gasteiger partial charge on any atom is 0.315 e. The average Bonchev–Trinajstić information content (AvgIpc) is 2.21. The zero-order chi connectivity index (χ0) is 12.3. The molecule has 4 heteroatoms. The monoisotopic (exact) mass is 235 g/mol. The Balaban J connectivity index is 1.85. The molecule has 0 saturated carbocycles. The van der Waals surface area contributed by atoms with Crippen LogP contribution in [0.4, 0.5) is 0 Å². The Morgan fingerprint density at radius 1 is 1.53 bits per heavy atom. The van der Waals surface area contributed by atoms with E-state index in [4.69, 9.17) is 9.84 Å². The van der Waals surface area contributed by atoms with Crippen LogP contribution in [-0.4, -0.2) is 30.8 Å². The van der Waals surface area contributed by atoms with Gasteiger partial charge in [-0.05, 0) is 12.5 Å². The second kappa shape index (κ2) is 4.85. The molecule has 0 unspecified atom stereocenters. The Labute approximate surface area is 101 Å². The van der Waals surface area contributed by atoms with Crippen molar-refractivity contribution in [1.29, 1.82) is 0 Å². The normalized spacial score (nSPS) is 17.5. The minimum atomic E-state index is -0.777. The van der Waals surface area contributed by atoms with E-state index < -0.39 is 11.4 Å². The Kier molecular flexibility index (Phi) is 3.45. The van der Waals surface area contributed by atoms with Gasteiger partial charge < -0.3 is 15.2 Å². The van der Waals surface area contributed by atoms with Crippen molar-refractivity contribution < 1.29 is 14.6 Å². The van der Waals surface area contributed by atoms with Gasteiger partial charge in [0, 0.05) is 13.1 Å². The van der Waals surface area contributed by atoms with Crippen molar-refractivity contribution in [2.75, 3.05) is 19.8 Å². The fourth-order valence-corrected chi connectivity index (χ4v) is 1.92. The summed E-state index contributed by atoms with van der Waals surface area (Å²) in [5, 5.41) is 12.3. The number of rotatable bonds is 5. The van der Waals surface area contributed by atoms with Gasteiger partial charge in [0.25, 0.3) is 0 Å². The van der Waals surface area contributed by atoms with Crippen LogP contribution in [0.5, 0.6) is 0 Å². The molecule has 0 radical (unpaired) electrons. The van der Waals surface area contributed by atoms with E-state index in [0.29, 0.717) is 26.3 Å². The third kappa shape index (κ3) is 2.65. The molecule has 4 nitrogen and oxygen atoms in total. The molecule has 0 bridgehead atoms. The van der Waals surface area contributed by atoms with Gasteiger partial charge in [0.1, 0.15) is 5.41 Å². The second-order valence-electron chi connectivity index (χ2n) is 4.67. The Hall–Kier alpha value is -1.39. The van der Waals surface area contributed by atoms with Crippen LogP contribution in [0, 0.1) is 12.3 Å². The molecule has 1 saturated heterocycles. The van der Waals surface area contributed by atoms with Gasteiger partial charge in [0.05, 0.1) is 13.2 Å². The topological polar surface area (TPSA) is 58.6 Å². The van der Waals surface area contributed by atoms with Crippen molar-refractivity contribution in [3.8, 4) is 0 Å². The zero-order valence-corrected chi connectivity index (χ0v) is 9.90. The van der Waals surface area contributed by atoms with Gasteiger partial charge in [-0.15, -0.1) is 0 Å². The van der Waals surface area contributed by atoms with Crippen LogP contribution in [0.15, 0.2) is 24.3 Å². The van der Waals surface area contributed by atoms with E-state index in [9.17, 15) is 4.79 Å². The third-order valence-corrected chi connectivity index (χ3v) is 3.09. The molecule has 0 aliphatic carbocycles. The number of benzene rings is 1. The first-order chi connectivity index (χ1) is 8.12. The number of hydrogen-bond acceptors (Lipinski definition) is 3. The van der Waals surface area contributed by atoms with Gasteiger partial charge in [0.15, 0.2) is 0 Å². The summed E-state index contributed by atoms with van der Waals surface area (Å²) in [7, 11) is 0. The number of carboxylic acids is 1. The van der Waals surface area contributed by atoms with Gasteiger partial charge in [0.2, 0.25) is 0 Å². The lowest BCUT2D eigenvalue weighted by Gasteiger charge is -2.37. The number of carbonyl (C=O) groups is 1. The molecule has 1 aromatic carbocycles. The summed E-state index contributed by atoms with van der Waals surface area (Å²) in [4.78, 5) is 11.1. The predicted octanol–water partition coefficient (Wildman–Crippen LogP) is 1.19. The highest BCUT2D eigenvalue weighted by Gasteiger charge is 2.45. The molecule has 2 N–H and O–H groups in total. The SMILES string of the molecule is Cc1cccc(CNCC2(C(=O)O)COC2)c1. The number of aliphatic carboxylic acids is 1. The molecule has 0 spiro atoms. The molecule has 0 amide bonds. The van der Waals surface area contributed by atoms with E-state index in [2.05, 4.69) is 11.4 Å². The summed E-state index contributed by atoms with van der Waals surface area (Å²) in [6.07, 6.45) is 0. The number of hydrogen-bond donors (Lipinski definition) is 2. The van der Waals surface area contributed by atoms with Gasteiger partial charge >= 0.3 is 5.97 Å². The Morgan fingerprint density at radius 3 is 2.82 bits per heavy atom. The van der Waals surface area contributed by atoms with Crippen molar-refractivity contribution >= 4 is 5.97 Å². The van der Waals surface area contributed by atoms with Crippen molar-refractivity contribution in [3.05, 3.63) is 35.4 Å². The fraction of sp³-hybridized carbons (Fsp3) is 0.462.